The molecule has 0 N–H and O–H groups in total. The van der Waals surface area contributed by atoms with Gasteiger partial charge in [-0.3, -0.25) is 4.79 Å². The Balaban J connectivity index is 1.99. The van der Waals surface area contributed by atoms with Crippen molar-refractivity contribution in [3.8, 4) is 0 Å². The molecular formula is C19H24O. The summed E-state index contributed by atoms with van der Waals surface area (Å²) in [5.41, 5.74) is 2.06. The van der Waals surface area contributed by atoms with Gasteiger partial charge >= 0.3 is 0 Å². The van der Waals surface area contributed by atoms with E-state index in [1.165, 1.54) is 49.5 Å². The Morgan fingerprint density at radius 2 is 1.55 bits per heavy atom. The van der Waals surface area contributed by atoms with Crippen LogP contribution >= 0.6 is 0 Å². The van der Waals surface area contributed by atoms with E-state index in [4.69, 9.17) is 0 Å². The van der Waals surface area contributed by atoms with E-state index in [0.717, 1.165) is 23.7 Å². The monoisotopic (exact) mass is 268 g/mol. The molecule has 0 bridgehead atoms. The standard InChI is InChI=1S/C19H24O/c1-2-3-4-5-6-7-10-18-13-16-11-8-9-12-17(16)14-19(18)15-20/h8-9,11-15H,2-7,10H2,1H3. The molecule has 0 unspecified atom stereocenters. The van der Waals surface area contributed by atoms with Gasteiger partial charge in [0.2, 0.25) is 0 Å². The molecule has 0 aliphatic rings. The second-order valence-corrected chi connectivity index (χ2v) is 5.53. The van der Waals surface area contributed by atoms with Crippen LogP contribution in [0.1, 0.15) is 61.4 Å². The summed E-state index contributed by atoms with van der Waals surface area (Å²) >= 11 is 0. The van der Waals surface area contributed by atoms with Crippen LogP contribution in [-0.2, 0) is 6.42 Å². The average Bonchev–Trinajstić information content (AvgIpc) is 2.50. The van der Waals surface area contributed by atoms with Crippen LogP contribution in [0.15, 0.2) is 36.4 Å². The van der Waals surface area contributed by atoms with Gasteiger partial charge in [-0.05, 0) is 35.2 Å². The van der Waals surface area contributed by atoms with Crippen LogP contribution in [0.4, 0.5) is 0 Å². The van der Waals surface area contributed by atoms with E-state index in [9.17, 15) is 4.79 Å². The first kappa shape index (κ1) is 14.8. The molecule has 2 aromatic carbocycles. The highest BCUT2D eigenvalue weighted by molar-refractivity contribution is 5.90. The van der Waals surface area contributed by atoms with E-state index < -0.39 is 0 Å². The molecule has 106 valence electrons. The maximum atomic E-state index is 11.2. The molecule has 0 amide bonds. The molecule has 0 heterocycles. The first-order valence-corrected chi connectivity index (χ1v) is 7.82. The molecule has 0 saturated heterocycles. The van der Waals surface area contributed by atoms with E-state index in [1.54, 1.807) is 0 Å². The number of aryl methyl sites for hydroxylation is 1. The lowest BCUT2D eigenvalue weighted by Crippen LogP contribution is -1.94. The Morgan fingerprint density at radius 1 is 0.900 bits per heavy atom. The number of hydrogen-bond acceptors (Lipinski definition) is 1. The molecule has 0 radical (unpaired) electrons. The lowest BCUT2D eigenvalue weighted by molar-refractivity contribution is 0.112. The molecule has 2 rings (SSSR count). The van der Waals surface area contributed by atoms with Gasteiger partial charge in [0.1, 0.15) is 6.29 Å². The second-order valence-electron chi connectivity index (χ2n) is 5.53. The molecule has 0 aliphatic heterocycles. The van der Waals surface area contributed by atoms with Gasteiger partial charge < -0.3 is 0 Å². The normalized spacial score (nSPS) is 10.8. The average molecular weight is 268 g/mol. The Morgan fingerprint density at radius 3 is 2.25 bits per heavy atom. The third kappa shape index (κ3) is 3.93. The van der Waals surface area contributed by atoms with Gasteiger partial charge in [-0.2, -0.15) is 0 Å². The van der Waals surface area contributed by atoms with E-state index in [2.05, 4.69) is 31.2 Å². The van der Waals surface area contributed by atoms with E-state index in [-0.39, 0.29) is 0 Å². The van der Waals surface area contributed by atoms with Gasteiger partial charge in [-0.25, -0.2) is 0 Å². The van der Waals surface area contributed by atoms with Crippen molar-refractivity contribution < 1.29 is 4.79 Å². The molecule has 1 heteroatoms. The van der Waals surface area contributed by atoms with Crippen molar-refractivity contribution in [3.05, 3.63) is 47.5 Å². The van der Waals surface area contributed by atoms with E-state index in [0.29, 0.717) is 0 Å². The zero-order chi connectivity index (χ0) is 14.2. The summed E-state index contributed by atoms with van der Waals surface area (Å²) in [6.07, 6.45) is 9.76. The van der Waals surface area contributed by atoms with Crippen LogP contribution in [0.3, 0.4) is 0 Å². The van der Waals surface area contributed by atoms with Crippen LogP contribution < -0.4 is 0 Å². The van der Waals surface area contributed by atoms with Crippen molar-refractivity contribution in [3.63, 3.8) is 0 Å². The fourth-order valence-corrected chi connectivity index (χ4v) is 2.73. The minimum atomic E-state index is 0.859. The number of benzene rings is 2. The van der Waals surface area contributed by atoms with E-state index in [1.807, 2.05) is 12.1 Å². The fraction of sp³-hybridized carbons (Fsp3) is 0.421. The van der Waals surface area contributed by atoms with Crippen molar-refractivity contribution in [1.82, 2.24) is 0 Å². The first-order chi connectivity index (χ1) is 9.85. The van der Waals surface area contributed by atoms with E-state index >= 15 is 0 Å². The largest absolute Gasteiger partial charge is 0.298 e. The van der Waals surface area contributed by atoms with Crippen LogP contribution in [0, 0.1) is 0 Å². The Hall–Kier alpha value is -1.63. The van der Waals surface area contributed by atoms with Crippen LogP contribution in [0.5, 0.6) is 0 Å². The molecule has 20 heavy (non-hydrogen) atoms. The zero-order valence-electron chi connectivity index (χ0n) is 12.4. The summed E-state index contributed by atoms with van der Waals surface area (Å²) in [5.74, 6) is 0. The summed E-state index contributed by atoms with van der Waals surface area (Å²) < 4.78 is 0. The molecular weight excluding hydrogens is 244 g/mol. The second kappa shape index (κ2) is 7.84. The number of aldehydes is 1. The summed E-state index contributed by atoms with van der Waals surface area (Å²) in [7, 11) is 0. The summed E-state index contributed by atoms with van der Waals surface area (Å²) in [5, 5.41) is 2.39. The Labute approximate surface area is 122 Å². The van der Waals surface area contributed by atoms with Crippen LogP contribution in [0.2, 0.25) is 0 Å². The van der Waals surface area contributed by atoms with Crippen molar-refractivity contribution in [2.24, 2.45) is 0 Å². The minimum absolute atomic E-state index is 0.859. The molecule has 1 nitrogen and oxygen atoms in total. The smallest absolute Gasteiger partial charge is 0.150 e. The lowest BCUT2D eigenvalue weighted by Gasteiger charge is -2.07. The number of fused-ring (bicyclic) bond motifs is 1. The fourth-order valence-electron chi connectivity index (χ4n) is 2.73. The molecule has 0 saturated carbocycles. The highest BCUT2D eigenvalue weighted by Gasteiger charge is 2.04. The van der Waals surface area contributed by atoms with Gasteiger partial charge in [0.05, 0.1) is 0 Å². The van der Waals surface area contributed by atoms with Gasteiger partial charge in [-0.1, -0.05) is 69.4 Å². The minimum Gasteiger partial charge on any atom is -0.298 e. The highest BCUT2D eigenvalue weighted by atomic mass is 16.1. The lowest BCUT2D eigenvalue weighted by atomic mass is 9.97. The van der Waals surface area contributed by atoms with Gasteiger partial charge in [0.25, 0.3) is 0 Å². The number of unbranched alkanes of at least 4 members (excludes halogenated alkanes) is 5. The zero-order valence-corrected chi connectivity index (χ0v) is 12.4. The molecule has 0 atom stereocenters. The van der Waals surface area contributed by atoms with Crippen molar-refractivity contribution in [2.75, 3.05) is 0 Å². The summed E-state index contributed by atoms with van der Waals surface area (Å²) in [4.78, 5) is 11.2. The van der Waals surface area contributed by atoms with Crippen molar-refractivity contribution >= 4 is 17.1 Å². The number of carbonyl (C=O) groups excluding carboxylic acids is 1. The molecule has 0 aromatic heterocycles. The highest BCUT2D eigenvalue weighted by Crippen LogP contribution is 2.21. The molecule has 0 spiro atoms. The first-order valence-electron chi connectivity index (χ1n) is 7.82. The third-order valence-electron chi connectivity index (χ3n) is 3.93. The molecule has 0 aliphatic carbocycles. The van der Waals surface area contributed by atoms with Crippen LogP contribution in [0.25, 0.3) is 10.8 Å². The SMILES string of the molecule is CCCCCCCCc1cc2ccccc2cc1C=O. The third-order valence-corrected chi connectivity index (χ3v) is 3.93. The maximum absolute atomic E-state index is 11.2. The molecule has 0 fully saturated rings. The summed E-state index contributed by atoms with van der Waals surface area (Å²) in [6, 6.07) is 12.5. The maximum Gasteiger partial charge on any atom is 0.150 e. The predicted octanol–water partition coefficient (Wildman–Crippen LogP) is 5.56. The summed E-state index contributed by atoms with van der Waals surface area (Å²) in [6.45, 7) is 2.24. The van der Waals surface area contributed by atoms with Gasteiger partial charge in [0.15, 0.2) is 0 Å². The number of rotatable bonds is 8. The Kier molecular flexibility index (Phi) is 5.79. The van der Waals surface area contributed by atoms with Crippen molar-refractivity contribution in [2.45, 2.75) is 51.9 Å². The number of hydrogen-bond donors (Lipinski definition) is 0. The van der Waals surface area contributed by atoms with Crippen molar-refractivity contribution in [1.29, 1.82) is 0 Å². The van der Waals surface area contributed by atoms with Crippen LogP contribution in [-0.4, -0.2) is 6.29 Å². The topological polar surface area (TPSA) is 17.1 Å². The Bertz CT molecular complexity index is 557. The number of carbonyl (C=O) groups is 1. The van der Waals surface area contributed by atoms with Gasteiger partial charge in [-0.15, -0.1) is 0 Å². The predicted molar refractivity (Wildman–Crippen MR) is 86.4 cm³/mol. The molecule has 2 aromatic rings. The van der Waals surface area contributed by atoms with Gasteiger partial charge in [0, 0.05) is 5.56 Å². The quantitative estimate of drug-likeness (QED) is 0.453.